The molecule has 0 aromatic heterocycles. The van der Waals surface area contributed by atoms with Crippen molar-refractivity contribution in [1.82, 2.24) is 4.90 Å². The van der Waals surface area contributed by atoms with Gasteiger partial charge in [-0.2, -0.15) is 0 Å². The second kappa shape index (κ2) is 5.80. The fourth-order valence-corrected chi connectivity index (χ4v) is 2.35. The van der Waals surface area contributed by atoms with Gasteiger partial charge in [0, 0.05) is 25.7 Å². The van der Waals surface area contributed by atoms with Gasteiger partial charge in [0.25, 0.3) is 0 Å². The molecule has 1 heterocycles. The summed E-state index contributed by atoms with van der Waals surface area (Å²) in [6.45, 7) is 5.17. The van der Waals surface area contributed by atoms with Crippen molar-refractivity contribution in [2.24, 2.45) is 5.73 Å². The minimum Gasteiger partial charge on any atom is -0.382 e. The summed E-state index contributed by atoms with van der Waals surface area (Å²) in [5.74, 6) is 0. The molecule has 0 spiro atoms. The van der Waals surface area contributed by atoms with Crippen LogP contribution in [0.25, 0.3) is 0 Å². The molecule has 1 aromatic rings. The number of hydrogen-bond donors (Lipinski definition) is 2. The molecule has 0 amide bonds. The predicted molar refractivity (Wildman–Crippen MR) is 71.2 cm³/mol. The third-order valence-corrected chi connectivity index (χ3v) is 3.62. The van der Waals surface area contributed by atoms with Crippen molar-refractivity contribution in [2.45, 2.75) is 18.6 Å². The highest BCUT2D eigenvalue weighted by Gasteiger charge is 2.32. The molecule has 1 aliphatic heterocycles. The van der Waals surface area contributed by atoms with Gasteiger partial charge in [-0.1, -0.05) is 30.3 Å². The zero-order valence-electron chi connectivity index (χ0n) is 10.9. The molecule has 100 valence electrons. The van der Waals surface area contributed by atoms with Crippen molar-refractivity contribution in [3.63, 3.8) is 0 Å². The van der Waals surface area contributed by atoms with Crippen LogP contribution < -0.4 is 5.73 Å². The Morgan fingerprint density at radius 2 is 2.17 bits per heavy atom. The molecule has 0 bridgehead atoms. The molecule has 0 aliphatic carbocycles. The van der Waals surface area contributed by atoms with Gasteiger partial charge in [0.15, 0.2) is 0 Å². The van der Waals surface area contributed by atoms with Crippen LogP contribution in [0.3, 0.4) is 0 Å². The van der Waals surface area contributed by atoms with Gasteiger partial charge in [-0.05, 0) is 12.5 Å². The van der Waals surface area contributed by atoms with E-state index in [1.807, 2.05) is 30.3 Å². The highest BCUT2D eigenvalue weighted by atomic mass is 16.5. The van der Waals surface area contributed by atoms with Crippen LogP contribution in [-0.2, 0) is 10.3 Å². The Labute approximate surface area is 108 Å². The lowest BCUT2D eigenvalue weighted by Crippen LogP contribution is -2.52. The van der Waals surface area contributed by atoms with Crippen LogP contribution in [0.2, 0.25) is 0 Å². The first kappa shape index (κ1) is 13.5. The molecule has 1 fully saturated rings. The summed E-state index contributed by atoms with van der Waals surface area (Å²) in [6.07, 6.45) is 0. The Morgan fingerprint density at radius 1 is 1.44 bits per heavy atom. The van der Waals surface area contributed by atoms with E-state index in [1.54, 1.807) is 0 Å². The van der Waals surface area contributed by atoms with Gasteiger partial charge < -0.3 is 15.6 Å². The number of nitrogens with two attached hydrogens (primary N) is 1. The smallest absolute Gasteiger partial charge is 0.114 e. The average molecular weight is 250 g/mol. The number of ether oxygens (including phenoxy) is 1. The number of rotatable bonds is 4. The minimum absolute atomic E-state index is 0.223. The van der Waals surface area contributed by atoms with Gasteiger partial charge in [-0.3, -0.25) is 4.90 Å². The molecule has 2 atom stereocenters. The molecule has 0 radical (unpaired) electrons. The van der Waals surface area contributed by atoms with E-state index >= 15 is 0 Å². The van der Waals surface area contributed by atoms with Crippen LogP contribution >= 0.6 is 0 Å². The first-order valence-corrected chi connectivity index (χ1v) is 6.45. The van der Waals surface area contributed by atoms with Crippen LogP contribution in [0.4, 0.5) is 0 Å². The maximum atomic E-state index is 10.8. The first-order chi connectivity index (χ1) is 8.65. The summed E-state index contributed by atoms with van der Waals surface area (Å²) in [5, 5.41) is 10.8. The number of nitrogens with zero attached hydrogens (tertiary/aromatic N) is 1. The molecule has 0 saturated carbocycles. The van der Waals surface area contributed by atoms with Crippen molar-refractivity contribution >= 4 is 0 Å². The van der Waals surface area contributed by atoms with E-state index in [-0.39, 0.29) is 6.54 Å². The molecule has 2 rings (SSSR count). The SMILES string of the molecule is CC1COCCN1CC(O)(CN)c1ccccc1. The van der Waals surface area contributed by atoms with Crippen LogP contribution in [0.5, 0.6) is 0 Å². The standard InChI is InChI=1S/C14H22N2O2/c1-12-9-18-8-7-16(12)11-14(17,10-15)13-5-3-2-4-6-13/h2-6,12,17H,7-11,15H2,1H3. The van der Waals surface area contributed by atoms with Gasteiger partial charge >= 0.3 is 0 Å². The molecule has 18 heavy (non-hydrogen) atoms. The van der Waals surface area contributed by atoms with Gasteiger partial charge in [0.2, 0.25) is 0 Å². The van der Waals surface area contributed by atoms with E-state index in [9.17, 15) is 5.11 Å². The van der Waals surface area contributed by atoms with Crippen molar-refractivity contribution < 1.29 is 9.84 Å². The summed E-state index contributed by atoms with van der Waals surface area (Å²) in [6, 6.07) is 9.98. The number of β-amino-alcohol motifs (C(OH)–C–C–N with tert-alkyl or cyclic N) is 1. The number of benzene rings is 1. The normalized spacial score (nSPS) is 24.7. The fourth-order valence-electron chi connectivity index (χ4n) is 2.35. The lowest BCUT2D eigenvalue weighted by molar-refractivity contribution is -0.0546. The highest BCUT2D eigenvalue weighted by Crippen LogP contribution is 2.23. The van der Waals surface area contributed by atoms with E-state index in [0.29, 0.717) is 12.6 Å². The van der Waals surface area contributed by atoms with E-state index in [4.69, 9.17) is 10.5 Å². The number of morpholine rings is 1. The van der Waals surface area contributed by atoms with Gasteiger partial charge in [0.05, 0.1) is 13.2 Å². The van der Waals surface area contributed by atoms with E-state index in [2.05, 4.69) is 11.8 Å². The lowest BCUT2D eigenvalue weighted by atomic mass is 9.92. The Morgan fingerprint density at radius 3 is 2.78 bits per heavy atom. The van der Waals surface area contributed by atoms with Crippen molar-refractivity contribution in [1.29, 1.82) is 0 Å². The molecule has 4 nitrogen and oxygen atoms in total. The van der Waals surface area contributed by atoms with Crippen LogP contribution in [0.1, 0.15) is 12.5 Å². The summed E-state index contributed by atoms with van der Waals surface area (Å²) in [5.41, 5.74) is 5.70. The second-order valence-electron chi connectivity index (χ2n) is 5.00. The highest BCUT2D eigenvalue weighted by molar-refractivity contribution is 5.23. The van der Waals surface area contributed by atoms with Crippen molar-refractivity contribution in [3.05, 3.63) is 35.9 Å². The van der Waals surface area contributed by atoms with Crippen molar-refractivity contribution in [3.8, 4) is 0 Å². The maximum Gasteiger partial charge on any atom is 0.114 e. The Hall–Kier alpha value is -0.940. The van der Waals surface area contributed by atoms with Crippen LogP contribution in [0, 0.1) is 0 Å². The third-order valence-electron chi connectivity index (χ3n) is 3.62. The summed E-state index contributed by atoms with van der Waals surface area (Å²) in [7, 11) is 0. The third kappa shape index (κ3) is 2.90. The molecule has 4 heteroatoms. The largest absolute Gasteiger partial charge is 0.382 e. The average Bonchev–Trinajstić information content (AvgIpc) is 2.42. The Bertz CT molecular complexity index is 371. The molecule has 2 unspecified atom stereocenters. The quantitative estimate of drug-likeness (QED) is 0.819. The first-order valence-electron chi connectivity index (χ1n) is 6.45. The predicted octanol–water partition coefficient (Wildman–Crippen LogP) is 0.554. The van der Waals surface area contributed by atoms with E-state index in [0.717, 1.165) is 25.3 Å². The summed E-state index contributed by atoms with van der Waals surface area (Å²) >= 11 is 0. The topological polar surface area (TPSA) is 58.7 Å². The monoisotopic (exact) mass is 250 g/mol. The zero-order valence-corrected chi connectivity index (χ0v) is 10.9. The van der Waals surface area contributed by atoms with Crippen LogP contribution in [-0.4, -0.2) is 48.9 Å². The second-order valence-corrected chi connectivity index (χ2v) is 5.00. The zero-order chi connectivity index (χ0) is 13.0. The summed E-state index contributed by atoms with van der Waals surface area (Å²) < 4.78 is 5.41. The van der Waals surface area contributed by atoms with Crippen LogP contribution in [0.15, 0.2) is 30.3 Å². The van der Waals surface area contributed by atoms with Gasteiger partial charge in [-0.25, -0.2) is 0 Å². The molecule has 3 N–H and O–H groups in total. The lowest BCUT2D eigenvalue weighted by Gasteiger charge is -2.39. The summed E-state index contributed by atoms with van der Waals surface area (Å²) in [4.78, 5) is 2.24. The molecular formula is C14H22N2O2. The molecule has 1 saturated heterocycles. The number of hydrogen-bond acceptors (Lipinski definition) is 4. The minimum atomic E-state index is -0.979. The Kier molecular flexibility index (Phi) is 4.35. The van der Waals surface area contributed by atoms with Crippen molar-refractivity contribution in [2.75, 3.05) is 32.8 Å². The number of aliphatic hydroxyl groups is 1. The Balaban J connectivity index is 2.12. The van der Waals surface area contributed by atoms with E-state index in [1.165, 1.54) is 0 Å². The molecular weight excluding hydrogens is 228 g/mol. The molecule has 1 aliphatic rings. The van der Waals surface area contributed by atoms with Gasteiger partial charge in [-0.15, -0.1) is 0 Å². The maximum absolute atomic E-state index is 10.8. The fraction of sp³-hybridized carbons (Fsp3) is 0.571. The van der Waals surface area contributed by atoms with E-state index < -0.39 is 5.60 Å². The van der Waals surface area contributed by atoms with Gasteiger partial charge in [0.1, 0.15) is 5.60 Å². The molecule has 1 aromatic carbocycles.